The van der Waals surface area contributed by atoms with E-state index in [2.05, 4.69) is 4.99 Å². The van der Waals surface area contributed by atoms with Crippen molar-refractivity contribution in [3.63, 3.8) is 0 Å². The van der Waals surface area contributed by atoms with Gasteiger partial charge in [-0.1, -0.05) is 18.2 Å². The van der Waals surface area contributed by atoms with E-state index < -0.39 is 11.7 Å². The summed E-state index contributed by atoms with van der Waals surface area (Å²) >= 11 is 0. The summed E-state index contributed by atoms with van der Waals surface area (Å²) in [6.07, 6.45) is 7.70. The van der Waals surface area contributed by atoms with Gasteiger partial charge in [0, 0.05) is 6.42 Å². The van der Waals surface area contributed by atoms with Crippen molar-refractivity contribution in [3.05, 3.63) is 24.3 Å². The number of aliphatic imine (C=N–C) groups is 1. The summed E-state index contributed by atoms with van der Waals surface area (Å²) in [5, 5.41) is 0. The fraction of sp³-hybridized carbons (Fsp3) is 0.455. The summed E-state index contributed by atoms with van der Waals surface area (Å²) in [6, 6.07) is 0. The maximum Gasteiger partial charge on any atom is 0.434 e. The molecule has 76 valence electrons. The average Bonchev–Trinajstić information content (AvgIpc) is 2.02. The highest BCUT2D eigenvalue weighted by atomic mass is 16.6. The number of carbonyl (C=O) groups is 1. The van der Waals surface area contributed by atoms with Crippen LogP contribution in [0.3, 0.4) is 0 Å². The zero-order chi connectivity index (χ0) is 10.6. The third-order valence-electron chi connectivity index (χ3n) is 1.49. The molecular weight excluding hydrogens is 178 g/mol. The summed E-state index contributed by atoms with van der Waals surface area (Å²) in [7, 11) is 0. The molecule has 0 heterocycles. The van der Waals surface area contributed by atoms with Crippen molar-refractivity contribution in [1.82, 2.24) is 0 Å². The summed E-state index contributed by atoms with van der Waals surface area (Å²) in [5.41, 5.74) is 0.261. The summed E-state index contributed by atoms with van der Waals surface area (Å²) < 4.78 is 5.06. The molecule has 0 saturated carbocycles. The first kappa shape index (κ1) is 10.7. The lowest BCUT2D eigenvalue weighted by Crippen LogP contribution is -2.22. The molecule has 0 unspecified atom stereocenters. The van der Waals surface area contributed by atoms with Gasteiger partial charge >= 0.3 is 6.09 Å². The molecule has 0 bridgehead atoms. The summed E-state index contributed by atoms with van der Waals surface area (Å²) in [4.78, 5) is 15.1. The van der Waals surface area contributed by atoms with Crippen molar-refractivity contribution in [3.8, 4) is 0 Å². The lowest BCUT2D eigenvalue weighted by molar-refractivity contribution is 0.0604. The van der Waals surface area contributed by atoms with Gasteiger partial charge in [0.2, 0.25) is 0 Å². The molecule has 3 heteroatoms. The van der Waals surface area contributed by atoms with Crippen LogP contribution in [0.15, 0.2) is 29.3 Å². The highest BCUT2D eigenvalue weighted by molar-refractivity contribution is 6.02. The molecule has 14 heavy (non-hydrogen) atoms. The highest BCUT2D eigenvalue weighted by Gasteiger charge is 2.15. The zero-order valence-electron chi connectivity index (χ0n) is 8.78. The molecule has 1 aliphatic carbocycles. The summed E-state index contributed by atoms with van der Waals surface area (Å²) in [6.45, 7) is 5.46. The normalized spacial score (nSPS) is 18.6. The number of nitrogens with zero attached hydrogens (tertiary/aromatic N) is 1. The number of allylic oxidation sites excluding steroid dienone is 4. The van der Waals surface area contributed by atoms with Crippen molar-refractivity contribution in [2.24, 2.45) is 4.99 Å². The molecule has 0 N–H and O–H groups in total. The van der Waals surface area contributed by atoms with Crippen LogP contribution in [0.4, 0.5) is 4.79 Å². The topological polar surface area (TPSA) is 38.7 Å². The molecule has 1 amide bonds. The average molecular weight is 193 g/mol. The minimum atomic E-state index is -0.521. The number of rotatable bonds is 0. The third-order valence-corrected chi connectivity index (χ3v) is 1.49. The lowest BCUT2D eigenvalue weighted by Gasteiger charge is -2.17. The van der Waals surface area contributed by atoms with Crippen molar-refractivity contribution in [1.29, 1.82) is 0 Å². The second-order valence-corrected chi connectivity index (χ2v) is 4.07. The van der Waals surface area contributed by atoms with Gasteiger partial charge in [-0.3, -0.25) is 0 Å². The molecule has 0 saturated heterocycles. The molecule has 0 aromatic heterocycles. The van der Waals surface area contributed by atoms with Crippen molar-refractivity contribution in [2.45, 2.75) is 32.8 Å². The predicted octanol–water partition coefficient (Wildman–Crippen LogP) is 2.88. The molecule has 0 atom stereocenters. The van der Waals surface area contributed by atoms with Crippen molar-refractivity contribution >= 4 is 11.8 Å². The van der Waals surface area contributed by atoms with E-state index in [0.717, 1.165) is 5.71 Å². The van der Waals surface area contributed by atoms with E-state index in [1.54, 1.807) is 0 Å². The van der Waals surface area contributed by atoms with Gasteiger partial charge in [-0.15, -0.1) is 0 Å². The van der Waals surface area contributed by atoms with Gasteiger partial charge in [0.1, 0.15) is 5.60 Å². The minimum Gasteiger partial charge on any atom is -0.442 e. The number of hydrogen-bond donors (Lipinski definition) is 0. The number of ether oxygens (including phenoxy) is 1. The van der Waals surface area contributed by atoms with Crippen molar-refractivity contribution in [2.75, 3.05) is 0 Å². The smallest absolute Gasteiger partial charge is 0.434 e. The van der Waals surface area contributed by atoms with Gasteiger partial charge in [-0.2, -0.15) is 4.99 Å². The Bertz CT molecular complexity index is 306. The van der Waals surface area contributed by atoms with Crippen LogP contribution in [-0.2, 0) is 4.74 Å². The maximum atomic E-state index is 11.3. The Morgan fingerprint density at radius 3 is 2.64 bits per heavy atom. The van der Waals surface area contributed by atoms with Gasteiger partial charge in [0.25, 0.3) is 0 Å². The quantitative estimate of drug-likeness (QED) is 0.593. The Morgan fingerprint density at radius 2 is 2.14 bits per heavy atom. The highest BCUT2D eigenvalue weighted by Crippen LogP contribution is 2.09. The van der Waals surface area contributed by atoms with Crippen LogP contribution in [0.2, 0.25) is 0 Å². The third kappa shape index (κ3) is 4.03. The SMILES string of the molecule is CC(C)(C)OC(=O)/N=C1\C=CC=CC1. The fourth-order valence-electron chi connectivity index (χ4n) is 0.987. The molecule has 0 spiro atoms. The predicted molar refractivity (Wildman–Crippen MR) is 56.6 cm³/mol. The molecule has 1 aliphatic rings. The second kappa shape index (κ2) is 4.22. The Balaban J connectivity index is 2.56. The number of amides is 1. The Labute approximate surface area is 84.2 Å². The largest absolute Gasteiger partial charge is 0.442 e. The number of hydrogen-bond acceptors (Lipinski definition) is 2. The van der Waals surface area contributed by atoms with Gasteiger partial charge < -0.3 is 4.74 Å². The molecule has 0 aromatic carbocycles. The van der Waals surface area contributed by atoms with Crippen LogP contribution in [0.1, 0.15) is 27.2 Å². The first-order valence-electron chi connectivity index (χ1n) is 4.61. The van der Waals surface area contributed by atoms with E-state index in [1.807, 2.05) is 45.1 Å². The molecule has 1 rings (SSSR count). The van der Waals surface area contributed by atoms with Gasteiger partial charge in [-0.25, -0.2) is 4.79 Å². The number of carbonyl (C=O) groups excluding carboxylic acids is 1. The van der Waals surface area contributed by atoms with Crippen LogP contribution in [0.5, 0.6) is 0 Å². The molecule has 0 radical (unpaired) electrons. The Kier molecular flexibility index (Phi) is 3.23. The Morgan fingerprint density at radius 1 is 1.43 bits per heavy atom. The minimum absolute atomic E-state index is 0.477. The summed E-state index contributed by atoms with van der Waals surface area (Å²) in [5.74, 6) is 0. The van der Waals surface area contributed by atoms with Crippen LogP contribution in [0, 0.1) is 0 Å². The zero-order valence-corrected chi connectivity index (χ0v) is 8.78. The van der Waals surface area contributed by atoms with E-state index in [9.17, 15) is 4.79 Å². The molecular formula is C11H15NO2. The Hall–Kier alpha value is -1.38. The van der Waals surface area contributed by atoms with Crippen LogP contribution in [-0.4, -0.2) is 17.4 Å². The molecule has 0 aliphatic heterocycles. The maximum absolute atomic E-state index is 11.3. The van der Waals surface area contributed by atoms with Gasteiger partial charge in [-0.05, 0) is 26.8 Å². The molecule has 0 fully saturated rings. The standard InChI is InChI=1S/C11H15NO2/c1-11(2,3)14-10(13)12-9-7-5-4-6-8-9/h4-7H,8H2,1-3H3/b12-9+. The van der Waals surface area contributed by atoms with Crippen molar-refractivity contribution < 1.29 is 9.53 Å². The van der Waals surface area contributed by atoms with Crippen LogP contribution in [0.25, 0.3) is 0 Å². The molecule has 3 nitrogen and oxygen atoms in total. The molecule has 0 aromatic rings. The van der Waals surface area contributed by atoms with Crippen LogP contribution < -0.4 is 0 Å². The van der Waals surface area contributed by atoms with E-state index in [1.165, 1.54) is 0 Å². The van der Waals surface area contributed by atoms with Crippen LogP contribution >= 0.6 is 0 Å². The monoisotopic (exact) mass is 193 g/mol. The van der Waals surface area contributed by atoms with E-state index in [0.29, 0.717) is 6.42 Å². The second-order valence-electron chi connectivity index (χ2n) is 4.07. The van der Waals surface area contributed by atoms with Gasteiger partial charge in [0.05, 0.1) is 5.71 Å². The fourth-order valence-corrected chi connectivity index (χ4v) is 0.987. The first-order chi connectivity index (χ1) is 6.47. The van der Waals surface area contributed by atoms with Gasteiger partial charge in [0.15, 0.2) is 0 Å². The van der Waals surface area contributed by atoms with E-state index >= 15 is 0 Å². The first-order valence-corrected chi connectivity index (χ1v) is 4.61. The lowest BCUT2D eigenvalue weighted by atomic mass is 10.1. The van der Waals surface area contributed by atoms with E-state index in [-0.39, 0.29) is 0 Å². The van der Waals surface area contributed by atoms with E-state index in [4.69, 9.17) is 4.74 Å².